The molecule has 0 N–H and O–H groups in total. The van der Waals surface area contributed by atoms with Gasteiger partial charge in [0.15, 0.2) is 11.5 Å². The van der Waals surface area contributed by atoms with Crippen LogP contribution in [-0.4, -0.2) is 21.2 Å². The summed E-state index contributed by atoms with van der Waals surface area (Å²) >= 11 is 0. The van der Waals surface area contributed by atoms with Crippen molar-refractivity contribution in [2.45, 2.75) is 26.7 Å². The Balaban J connectivity index is 1.83. The summed E-state index contributed by atoms with van der Waals surface area (Å²) in [5.41, 5.74) is 3.02. The summed E-state index contributed by atoms with van der Waals surface area (Å²) in [4.78, 5) is 4.60. The first kappa shape index (κ1) is 13.6. The van der Waals surface area contributed by atoms with E-state index < -0.39 is 0 Å². The van der Waals surface area contributed by atoms with Crippen LogP contribution in [-0.2, 0) is 0 Å². The highest BCUT2D eigenvalue weighted by Gasteiger charge is 2.07. The van der Waals surface area contributed by atoms with Crippen molar-refractivity contribution >= 4 is 5.65 Å². The molecule has 0 spiro atoms. The number of fused-ring (bicyclic) bond motifs is 1. The van der Waals surface area contributed by atoms with E-state index in [1.54, 1.807) is 0 Å². The number of aryl methyl sites for hydroxylation is 1. The van der Waals surface area contributed by atoms with Crippen LogP contribution in [0.2, 0.25) is 0 Å². The van der Waals surface area contributed by atoms with Crippen molar-refractivity contribution in [1.82, 2.24) is 14.6 Å². The zero-order valence-corrected chi connectivity index (χ0v) is 12.4. The Kier molecular flexibility index (Phi) is 3.86. The molecule has 0 atom stereocenters. The van der Waals surface area contributed by atoms with E-state index in [1.807, 2.05) is 54.0 Å². The van der Waals surface area contributed by atoms with E-state index in [2.05, 4.69) is 17.0 Å². The second kappa shape index (κ2) is 5.95. The molecule has 0 aliphatic rings. The van der Waals surface area contributed by atoms with Crippen molar-refractivity contribution in [1.29, 1.82) is 0 Å². The molecule has 4 nitrogen and oxygen atoms in total. The molecular weight excluding hydrogens is 262 g/mol. The number of unbranched alkanes of at least 4 members (excludes halogenated alkanes) is 1. The van der Waals surface area contributed by atoms with Crippen molar-refractivity contribution in [3.05, 3.63) is 48.2 Å². The Hall–Kier alpha value is -2.36. The highest BCUT2D eigenvalue weighted by atomic mass is 16.5. The molecule has 0 saturated carbocycles. The monoisotopic (exact) mass is 281 g/mol. The minimum atomic E-state index is 0.740. The summed E-state index contributed by atoms with van der Waals surface area (Å²) in [5, 5.41) is 4.51. The van der Waals surface area contributed by atoms with Crippen molar-refractivity contribution in [2.24, 2.45) is 0 Å². The number of ether oxygens (including phenoxy) is 1. The third-order valence-electron chi connectivity index (χ3n) is 3.44. The fourth-order valence-electron chi connectivity index (χ4n) is 2.20. The van der Waals surface area contributed by atoms with Gasteiger partial charge in [-0.3, -0.25) is 0 Å². The third-order valence-corrected chi connectivity index (χ3v) is 3.44. The van der Waals surface area contributed by atoms with E-state index in [0.717, 1.165) is 47.8 Å². The first-order chi connectivity index (χ1) is 10.3. The second-order valence-corrected chi connectivity index (χ2v) is 5.12. The molecule has 0 amide bonds. The lowest BCUT2D eigenvalue weighted by Crippen LogP contribution is -1.96. The molecule has 0 aliphatic heterocycles. The molecule has 0 saturated heterocycles. The SMILES string of the molecule is CCCCOc1ccc(-c2nc3c(C)cccn3n2)cc1. The van der Waals surface area contributed by atoms with Gasteiger partial charge >= 0.3 is 0 Å². The molecule has 21 heavy (non-hydrogen) atoms. The number of hydrogen-bond acceptors (Lipinski definition) is 3. The van der Waals surface area contributed by atoms with Crippen molar-refractivity contribution in [3.63, 3.8) is 0 Å². The van der Waals surface area contributed by atoms with Crippen LogP contribution in [0.5, 0.6) is 5.75 Å². The number of pyridine rings is 1. The molecule has 3 rings (SSSR count). The number of benzene rings is 1. The van der Waals surface area contributed by atoms with E-state index >= 15 is 0 Å². The Bertz CT molecular complexity index is 731. The molecule has 0 radical (unpaired) electrons. The number of hydrogen-bond donors (Lipinski definition) is 0. The molecule has 0 aliphatic carbocycles. The Morgan fingerprint density at radius 2 is 1.95 bits per heavy atom. The fraction of sp³-hybridized carbons (Fsp3) is 0.294. The smallest absolute Gasteiger partial charge is 0.182 e. The normalized spacial score (nSPS) is 11.0. The first-order valence-electron chi connectivity index (χ1n) is 7.33. The standard InChI is InChI=1S/C17H19N3O/c1-3-4-12-21-15-9-7-14(8-10-15)16-18-17-13(2)6-5-11-20(17)19-16/h5-11H,3-4,12H2,1-2H3. The molecule has 0 fully saturated rings. The van der Waals surface area contributed by atoms with Gasteiger partial charge in [0.05, 0.1) is 6.61 Å². The van der Waals surface area contributed by atoms with Gasteiger partial charge < -0.3 is 4.74 Å². The maximum Gasteiger partial charge on any atom is 0.182 e. The predicted octanol–water partition coefficient (Wildman–Crippen LogP) is 3.88. The number of aromatic nitrogens is 3. The van der Waals surface area contributed by atoms with Gasteiger partial charge in [-0.1, -0.05) is 19.4 Å². The Morgan fingerprint density at radius 3 is 2.67 bits per heavy atom. The Morgan fingerprint density at radius 1 is 1.14 bits per heavy atom. The molecule has 2 heterocycles. The van der Waals surface area contributed by atoms with Crippen LogP contribution in [0, 0.1) is 6.92 Å². The van der Waals surface area contributed by atoms with Gasteiger partial charge in [0.1, 0.15) is 5.75 Å². The fourth-order valence-corrected chi connectivity index (χ4v) is 2.20. The third kappa shape index (κ3) is 2.89. The lowest BCUT2D eigenvalue weighted by Gasteiger charge is -2.05. The second-order valence-electron chi connectivity index (χ2n) is 5.12. The molecule has 1 aromatic carbocycles. The first-order valence-corrected chi connectivity index (χ1v) is 7.33. The molecule has 0 unspecified atom stereocenters. The summed E-state index contributed by atoms with van der Waals surface area (Å²) in [6, 6.07) is 12.0. The molecule has 2 aromatic heterocycles. The van der Waals surface area contributed by atoms with Gasteiger partial charge in [-0.15, -0.1) is 5.10 Å². The topological polar surface area (TPSA) is 39.4 Å². The Labute approximate surface area is 124 Å². The van der Waals surface area contributed by atoms with Crippen molar-refractivity contribution in [3.8, 4) is 17.1 Å². The summed E-state index contributed by atoms with van der Waals surface area (Å²) < 4.78 is 7.49. The highest BCUT2D eigenvalue weighted by Crippen LogP contribution is 2.21. The van der Waals surface area contributed by atoms with Crippen LogP contribution in [0.4, 0.5) is 0 Å². The van der Waals surface area contributed by atoms with E-state index in [9.17, 15) is 0 Å². The number of rotatable bonds is 5. The van der Waals surface area contributed by atoms with E-state index in [4.69, 9.17) is 4.74 Å². The average Bonchev–Trinajstić information content (AvgIpc) is 2.94. The van der Waals surface area contributed by atoms with Crippen LogP contribution in [0.1, 0.15) is 25.3 Å². The zero-order chi connectivity index (χ0) is 14.7. The maximum atomic E-state index is 5.67. The predicted molar refractivity (Wildman–Crippen MR) is 83.6 cm³/mol. The van der Waals surface area contributed by atoms with Crippen LogP contribution in [0.15, 0.2) is 42.6 Å². The van der Waals surface area contributed by atoms with E-state index in [-0.39, 0.29) is 0 Å². The van der Waals surface area contributed by atoms with Crippen LogP contribution >= 0.6 is 0 Å². The summed E-state index contributed by atoms with van der Waals surface area (Å²) in [6.45, 7) is 4.96. The van der Waals surface area contributed by atoms with E-state index in [0.29, 0.717) is 0 Å². The van der Waals surface area contributed by atoms with Gasteiger partial charge in [-0.2, -0.15) is 0 Å². The molecule has 4 heteroatoms. The highest BCUT2D eigenvalue weighted by molar-refractivity contribution is 5.60. The molecule has 108 valence electrons. The maximum absolute atomic E-state index is 5.67. The van der Waals surface area contributed by atoms with Crippen LogP contribution < -0.4 is 4.74 Å². The largest absolute Gasteiger partial charge is 0.494 e. The zero-order valence-electron chi connectivity index (χ0n) is 12.4. The van der Waals surface area contributed by atoms with Crippen LogP contribution in [0.3, 0.4) is 0 Å². The van der Waals surface area contributed by atoms with Crippen molar-refractivity contribution in [2.75, 3.05) is 6.61 Å². The quantitative estimate of drug-likeness (QED) is 0.666. The molecular formula is C17H19N3O. The van der Waals surface area contributed by atoms with Gasteiger partial charge in [-0.05, 0) is 49.2 Å². The number of nitrogens with zero attached hydrogens (tertiary/aromatic N) is 3. The van der Waals surface area contributed by atoms with Crippen molar-refractivity contribution < 1.29 is 4.74 Å². The lowest BCUT2D eigenvalue weighted by atomic mass is 10.2. The minimum Gasteiger partial charge on any atom is -0.494 e. The average molecular weight is 281 g/mol. The lowest BCUT2D eigenvalue weighted by molar-refractivity contribution is 0.309. The van der Waals surface area contributed by atoms with E-state index in [1.165, 1.54) is 0 Å². The van der Waals surface area contributed by atoms with Gasteiger partial charge in [0.25, 0.3) is 0 Å². The van der Waals surface area contributed by atoms with Gasteiger partial charge in [0, 0.05) is 11.8 Å². The van der Waals surface area contributed by atoms with Gasteiger partial charge in [-0.25, -0.2) is 9.50 Å². The summed E-state index contributed by atoms with van der Waals surface area (Å²) in [5.74, 6) is 1.64. The van der Waals surface area contributed by atoms with Crippen LogP contribution in [0.25, 0.3) is 17.0 Å². The summed E-state index contributed by atoms with van der Waals surface area (Å²) in [6.07, 6.45) is 4.14. The minimum absolute atomic E-state index is 0.740. The molecule has 3 aromatic rings. The summed E-state index contributed by atoms with van der Waals surface area (Å²) in [7, 11) is 0. The van der Waals surface area contributed by atoms with Gasteiger partial charge in [0.2, 0.25) is 0 Å². The molecule has 0 bridgehead atoms.